The number of hydrogen-bond acceptors (Lipinski definition) is 4. The molecule has 4 nitrogen and oxygen atoms in total. The molecular weight excluding hydrogens is 214 g/mol. The third-order valence-corrected chi connectivity index (χ3v) is 4.28. The Hall–Kier alpha value is -0.130. The highest BCUT2D eigenvalue weighted by Crippen LogP contribution is 2.18. The van der Waals surface area contributed by atoms with Gasteiger partial charge in [-0.05, 0) is 19.3 Å². The maximum Gasteiger partial charge on any atom is 0.152 e. The van der Waals surface area contributed by atoms with Gasteiger partial charge in [0.2, 0.25) is 0 Å². The molecule has 0 aromatic carbocycles. The van der Waals surface area contributed by atoms with Gasteiger partial charge in [0.1, 0.15) is 0 Å². The Balaban J connectivity index is 2.18. The Morgan fingerprint density at radius 3 is 2.67 bits per heavy atom. The lowest BCUT2D eigenvalue weighted by molar-refractivity contribution is 0.193. The van der Waals surface area contributed by atoms with Crippen molar-refractivity contribution in [2.75, 3.05) is 18.1 Å². The quantitative estimate of drug-likeness (QED) is 0.635. The number of sulfone groups is 1. The molecule has 0 saturated heterocycles. The molecule has 0 amide bonds. The normalized spacial score (nSPS) is 19.1. The molecule has 0 aromatic heterocycles. The lowest BCUT2D eigenvalue weighted by atomic mass is 10.4. The van der Waals surface area contributed by atoms with Gasteiger partial charge in [0.05, 0.1) is 17.6 Å². The summed E-state index contributed by atoms with van der Waals surface area (Å²) in [5.74, 6) is 0.0940. The number of aliphatic hydroxyl groups is 1. The summed E-state index contributed by atoms with van der Waals surface area (Å²) in [6.07, 6.45) is 3.10. The van der Waals surface area contributed by atoms with Crippen molar-refractivity contribution in [2.45, 2.75) is 44.8 Å². The predicted octanol–water partition coefficient (Wildman–Crippen LogP) is 0.314. The average molecular weight is 235 g/mol. The number of aliphatic hydroxyl groups excluding tert-OH is 1. The zero-order valence-electron chi connectivity index (χ0n) is 9.28. The highest BCUT2D eigenvalue weighted by atomic mass is 32.2. The van der Waals surface area contributed by atoms with Crippen molar-refractivity contribution < 1.29 is 13.5 Å². The van der Waals surface area contributed by atoms with Crippen molar-refractivity contribution in [3.05, 3.63) is 0 Å². The second-order valence-corrected chi connectivity index (χ2v) is 6.53. The molecule has 1 fully saturated rings. The second kappa shape index (κ2) is 5.82. The molecule has 1 rings (SSSR count). The van der Waals surface area contributed by atoms with Gasteiger partial charge in [0.25, 0.3) is 0 Å². The van der Waals surface area contributed by atoms with Crippen LogP contribution in [0.2, 0.25) is 0 Å². The minimum Gasteiger partial charge on any atom is -0.391 e. The molecule has 5 heteroatoms. The Labute approximate surface area is 92.0 Å². The van der Waals surface area contributed by atoms with Crippen LogP contribution in [0.4, 0.5) is 0 Å². The standard InChI is InChI=1S/C10H21NO3S/c1-2-3-6-15(13,14)8-10(12)7-11-9-4-5-9/h9-12H,2-8H2,1H3. The highest BCUT2D eigenvalue weighted by molar-refractivity contribution is 7.91. The maximum absolute atomic E-state index is 11.5. The molecular formula is C10H21NO3S. The van der Waals surface area contributed by atoms with Crippen molar-refractivity contribution in [1.82, 2.24) is 5.32 Å². The smallest absolute Gasteiger partial charge is 0.152 e. The van der Waals surface area contributed by atoms with Crippen LogP contribution in [0.3, 0.4) is 0 Å². The first-order valence-electron chi connectivity index (χ1n) is 5.65. The fraction of sp³-hybridized carbons (Fsp3) is 1.00. The molecule has 90 valence electrons. The van der Waals surface area contributed by atoms with Crippen LogP contribution in [0.5, 0.6) is 0 Å². The van der Waals surface area contributed by atoms with Crippen LogP contribution in [-0.2, 0) is 9.84 Å². The summed E-state index contributed by atoms with van der Waals surface area (Å²) in [7, 11) is -3.06. The van der Waals surface area contributed by atoms with Gasteiger partial charge in [-0.15, -0.1) is 0 Å². The first-order valence-corrected chi connectivity index (χ1v) is 7.47. The number of hydrogen-bond donors (Lipinski definition) is 2. The fourth-order valence-corrected chi connectivity index (χ4v) is 2.99. The van der Waals surface area contributed by atoms with Crippen LogP contribution in [0, 0.1) is 0 Å². The molecule has 0 bridgehead atoms. The highest BCUT2D eigenvalue weighted by Gasteiger charge is 2.23. The van der Waals surface area contributed by atoms with Crippen LogP contribution in [0.25, 0.3) is 0 Å². The topological polar surface area (TPSA) is 66.4 Å². The number of rotatable bonds is 8. The van der Waals surface area contributed by atoms with E-state index in [-0.39, 0.29) is 11.5 Å². The lowest BCUT2D eigenvalue weighted by Gasteiger charge is -2.11. The van der Waals surface area contributed by atoms with Gasteiger partial charge in [-0.1, -0.05) is 13.3 Å². The van der Waals surface area contributed by atoms with E-state index in [0.717, 1.165) is 19.3 Å². The summed E-state index contributed by atoms with van der Waals surface area (Å²) in [6.45, 7) is 2.36. The maximum atomic E-state index is 11.5. The van der Waals surface area contributed by atoms with E-state index in [4.69, 9.17) is 0 Å². The van der Waals surface area contributed by atoms with E-state index < -0.39 is 15.9 Å². The van der Waals surface area contributed by atoms with Crippen LogP contribution in [-0.4, -0.2) is 43.7 Å². The van der Waals surface area contributed by atoms with Gasteiger partial charge in [-0.2, -0.15) is 0 Å². The van der Waals surface area contributed by atoms with E-state index in [9.17, 15) is 13.5 Å². The monoisotopic (exact) mass is 235 g/mol. The van der Waals surface area contributed by atoms with E-state index >= 15 is 0 Å². The third kappa shape index (κ3) is 6.12. The third-order valence-electron chi connectivity index (χ3n) is 2.47. The van der Waals surface area contributed by atoms with E-state index in [1.54, 1.807) is 0 Å². The van der Waals surface area contributed by atoms with Crippen molar-refractivity contribution in [3.8, 4) is 0 Å². The molecule has 0 radical (unpaired) electrons. The summed E-state index contributed by atoms with van der Waals surface area (Å²) in [6, 6.07) is 0.512. The molecule has 1 aliphatic rings. The van der Waals surface area contributed by atoms with Gasteiger partial charge in [0.15, 0.2) is 9.84 Å². The molecule has 15 heavy (non-hydrogen) atoms. The summed E-state index contributed by atoms with van der Waals surface area (Å²) in [5.41, 5.74) is 0. The lowest BCUT2D eigenvalue weighted by Crippen LogP contribution is -2.34. The molecule has 0 heterocycles. The number of nitrogens with one attached hydrogen (secondary N) is 1. The molecule has 0 aliphatic heterocycles. The summed E-state index contributed by atoms with van der Waals surface area (Å²) in [4.78, 5) is 0. The van der Waals surface area contributed by atoms with E-state index in [2.05, 4.69) is 5.32 Å². The van der Waals surface area contributed by atoms with E-state index in [1.165, 1.54) is 0 Å². The number of unbranched alkanes of at least 4 members (excludes halogenated alkanes) is 1. The van der Waals surface area contributed by atoms with Crippen LogP contribution >= 0.6 is 0 Å². The van der Waals surface area contributed by atoms with Gasteiger partial charge < -0.3 is 10.4 Å². The molecule has 0 spiro atoms. The van der Waals surface area contributed by atoms with Crippen molar-refractivity contribution in [3.63, 3.8) is 0 Å². The minimum atomic E-state index is -3.06. The van der Waals surface area contributed by atoms with Gasteiger partial charge in [0, 0.05) is 12.6 Å². The Morgan fingerprint density at radius 1 is 1.47 bits per heavy atom. The van der Waals surface area contributed by atoms with E-state index in [0.29, 0.717) is 19.0 Å². The molecule has 0 aromatic rings. The van der Waals surface area contributed by atoms with Crippen LogP contribution in [0.15, 0.2) is 0 Å². The van der Waals surface area contributed by atoms with Crippen molar-refractivity contribution in [1.29, 1.82) is 0 Å². The molecule has 1 aliphatic carbocycles. The predicted molar refractivity (Wildman–Crippen MR) is 60.6 cm³/mol. The molecule has 2 N–H and O–H groups in total. The Kier molecular flexibility index (Phi) is 5.02. The van der Waals surface area contributed by atoms with E-state index in [1.807, 2.05) is 6.92 Å². The Bertz CT molecular complexity index is 272. The molecule has 1 unspecified atom stereocenters. The van der Waals surface area contributed by atoms with Crippen molar-refractivity contribution >= 4 is 9.84 Å². The van der Waals surface area contributed by atoms with Crippen LogP contribution in [0.1, 0.15) is 32.6 Å². The minimum absolute atomic E-state index is 0.104. The average Bonchev–Trinajstić information content (AvgIpc) is 2.94. The van der Waals surface area contributed by atoms with Crippen molar-refractivity contribution in [2.24, 2.45) is 0 Å². The first-order chi connectivity index (χ1) is 7.03. The summed E-state index contributed by atoms with van der Waals surface area (Å²) in [5, 5.41) is 12.6. The SMILES string of the molecule is CCCCS(=O)(=O)CC(O)CNC1CC1. The molecule has 1 atom stereocenters. The zero-order valence-corrected chi connectivity index (χ0v) is 10.1. The van der Waals surface area contributed by atoms with Gasteiger partial charge in [-0.3, -0.25) is 0 Å². The summed E-state index contributed by atoms with van der Waals surface area (Å²) >= 11 is 0. The second-order valence-electron chi connectivity index (χ2n) is 4.30. The zero-order chi connectivity index (χ0) is 11.3. The molecule has 1 saturated carbocycles. The largest absolute Gasteiger partial charge is 0.391 e. The summed E-state index contributed by atoms with van der Waals surface area (Å²) < 4.78 is 22.9. The Morgan fingerprint density at radius 2 is 2.13 bits per heavy atom. The van der Waals surface area contributed by atoms with Crippen LogP contribution < -0.4 is 5.32 Å². The first kappa shape index (κ1) is 12.9. The fourth-order valence-electron chi connectivity index (χ4n) is 1.39. The van der Waals surface area contributed by atoms with Gasteiger partial charge in [-0.25, -0.2) is 8.42 Å². The van der Waals surface area contributed by atoms with Gasteiger partial charge >= 0.3 is 0 Å².